The van der Waals surface area contributed by atoms with E-state index in [4.69, 9.17) is 0 Å². The molecule has 0 spiro atoms. The molecule has 1 aliphatic carbocycles. The Labute approximate surface area is 108 Å². The second-order valence-electron chi connectivity index (χ2n) is 5.43. The number of benzene rings is 1. The number of aryl methyl sites for hydroxylation is 1. The lowest BCUT2D eigenvalue weighted by atomic mass is 9.71. The molecule has 1 aliphatic heterocycles. The zero-order valence-electron chi connectivity index (χ0n) is 10.8. The van der Waals surface area contributed by atoms with Crippen LogP contribution in [0.4, 0.5) is 5.69 Å². The number of para-hydroxylation sites is 1. The molecule has 1 saturated carbocycles. The summed E-state index contributed by atoms with van der Waals surface area (Å²) in [5, 5.41) is 0. The number of hydrogen-bond donors (Lipinski definition) is 0. The van der Waals surface area contributed by atoms with E-state index in [0.717, 1.165) is 32.2 Å². The van der Waals surface area contributed by atoms with Crippen molar-refractivity contribution in [3.8, 4) is 0 Å². The normalized spacial score (nSPS) is 20.6. The Morgan fingerprint density at radius 2 is 2.17 bits per heavy atom. The van der Waals surface area contributed by atoms with Crippen molar-refractivity contribution in [2.75, 3.05) is 18.5 Å². The van der Waals surface area contributed by atoms with Gasteiger partial charge in [0.15, 0.2) is 0 Å². The SMILES string of the molecule is CN1CCCc2cccc(C3(N=C=O)CCC3)c21. The van der Waals surface area contributed by atoms with Crippen molar-refractivity contribution in [1.82, 2.24) is 0 Å². The van der Waals surface area contributed by atoms with Crippen LogP contribution in [0.25, 0.3) is 0 Å². The summed E-state index contributed by atoms with van der Waals surface area (Å²) >= 11 is 0. The Hall–Kier alpha value is -1.60. The van der Waals surface area contributed by atoms with Crippen molar-refractivity contribution in [3.63, 3.8) is 0 Å². The molecule has 0 atom stereocenters. The Morgan fingerprint density at radius 3 is 2.83 bits per heavy atom. The van der Waals surface area contributed by atoms with Crippen LogP contribution in [0.15, 0.2) is 23.2 Å². The molecule has 0 amide bonds. The molecular formula is C15H18N2O. The Balaban J connectivity index is 2.15. The van der Waals surface area contributed by atoms with Crippen LogP contribution >= 0.6 is 0 Å². The van der Waals surface area contributed by atoms with Gasteiger partial charge in [0.05, 0.1) is 0 Å². The van der Waals surface area contributed by atoms with Gasteiger partial charge in [-0.15, -0.1) is 0 Å². The van der Waals surface area contributed by atoms with Gasteiger partial charge in [0.2, 0.25) is 6.08 Å². The fraction of sp³-hybridized carbons (Fsp3) is 0.533. The van der Waals surface area contributed by atoms with Crippen molar-refractivity contribution in [2.45, 2.75) is 37.6 Å². The summed E-state index contributed by atoms with van der Waals surface area (Å²) in [4.78, 5) is 17.2. The fourth-order valence-corrected chi connectivity index (χ4v) is 3.28. The van der Waals surface area contributed by atoms with Crippen molar-refractivity contribution >= 4 is 11.8 Å². The molecule has 1 aromatic rings. The average Bonchev–Trinajstić information content (AvgIpc) is 2.34. The zero-order valence-corrected chi connectivity index (χ0v) is 10.8. The lowest BCUT2D eigenvalue weighted by molar-refractivity contribution is 0.256. The van der Waals surface area contributed by atoms with Crippen LogP contribution in [0, 0.1) is 0 Å². The van der Waals surface area contributed by atoms with E-state index < -0.39 is 0 Å². The van der Waals surface area contributed by atoms with Crippen LogP contribution in [0.5, 0.6) is 0 Å². The van der Waals surface area contributed by atoms with E-state index >= 15 is 0 Å². The summed E-state index contributed by atoms with van der Waals surface area (Å²) < 4.78 is 0. The van der Waals surface area contributed by atoms with Crippen molar-refractivity contribution in [2.24, 2.45) is 4.99 Å². The maximum atomic E-state index is 10.7. The molecule has 1 fully saturated rings. The van der Waals surface area contributed by atoms with E-state index in [2.05, 4.69) is 35.1 Å². The molecule has 0 radical (unpaired) electrons. The number of hydrogen-bond acceptors (Lipinski definition) is 3. The minimum absolute atomic E-state index is 0.279. The smallest absolute Gasteiger partial charge is 0.235 e. The molecule has 0 unspecified atom stereocenters. The Bertz CT molecular complexity index is 513. The molecule has 0 saturated heterocycles. The predicted octanol–water partition coefficient (Wildman–Crippen LogP) is 2.78. The number of isocyanates is 1. The molecule has 1 aromatic carbocycles. The highest BCUT2D eigenvalue weighted by Gasteiger charge is 2.41. The molecule has 94 valence electrons. The predicted molar refractivity (Wildman–Crippen MR) is 71.7 cm³/mol. The van der Waals surface area contributed by atoms with E-state index in [1.165, 1.54) is 23.2 Å². The molecule has 0 N–H and O–H groups in total. The highest BCUT2D eigenvalue weighted by atomic mass is 16.1. The third-order valence-corrected chi connectivity index (χ3v) is 4.38. The van der Waals surface area contributed by atoms with Gasteiger partial charge in [-0.2, -0.15) is 4.99 Å². The van der Waals surface area contributed by atoms with Gasteiger partial charge in [0, 0.05) is 24.8 Å². The molecule has 3 rings (SSSR count). The van der Waals surface area contributed by atoms with Crippen LogP contribution in [-0.2, 0) is 16.8 Å². The molecule has 3 nitrogen and oxygen atoms in total. The average molecular weight is 242 g/mol. The van der Waals surface area contributed by atoms with Gasteiger partial charge in [-0.25, -0.2) is 4.79 Å². The number of anilines is 1. The molecule has 3 heteroatoms. The maximum absolute atomic E-state index is 10.7. The summed E-state index contributed by atoms with van der Waals surface area (Å²) in [7, 11) is 2.14. The van der Waals surface area contributed by atoms with E-state index in [-0.39, 0.29) is 5.54 Å². The third-order valence-electron chi connectivity index (χ3n) is 4.38. The first-order chi connectivity index (χ1) is 8.77. The van der Waals surface area contributed by atoms with Crippen molar-refractivity contribution in [3.05, 3.63) is 29.3 Å². The number of nitrogens with zero attached hydrogens (tertiary/aromatic N) is 2. The van der Waals surface area contributed by atoms with E-state index in [1.54, 1.807) is 6.08 Å². The summed E-state index contributed by atoms with van der Waals surface area (Å²) in [5.41, 5.74) is 3.66. The Kier molecular flexibility index (Phi) is 2.71. The van der Waals surface area contributed by atoms with Gasteiger partial charge in [-0.1, -0.05) is 18.2 Å². The second-order valence-corrected chi connectivity index (χ2v) is 5.43. The lowest BCUT2D eigenvalue weighted by Crippen LogP contribution is -2.36. The van der Waals surface area contributed by atoms with Crippen molar-refractivity contribution in [1.29, 1.82) is 0 Å². The van der Waals surface area contributed by atoms with Crippen LogP contribution in [0.1, 0.15) is 36.8 Å². The summed E-state index contributed by atoms with van der Waals surface area (Å²) in [6.45, 7) is 1.09. The number of fused-ring (bicyclic) bond motifs is 1. The van der Waals surface area contributed by atoms with Gasteiger partial charge in [-0.3, -0.25) is 0 Å². The first-order valence-electron chi connectivity index (χ1n) is 6.69. The summed E-state index contributed by atoms with van der Waals surface area (Å²) in [5.74, 6) is 0. The standard InChI is InChI=1S/C15H18N2O/c1-17-10-3-6-12-5-2-7-13(14(12)17)15(16-11-18)8-4-9-15/h2,5,7H,3-4,6,8-10H2,1H3. The monoisotopic (exact) mass is 242 g/mol. The molecule has 18 heavy (non-hydrogen) atoms. The Morgan fingerprint density at radius 1 is 1.33 bits per heavy atom. The number of rotatable bonds is 2. The van der Waals surface area contributed by atoms with Crippen LogP contribution < -0.4 is 4.90 Å². The van der Waals surface area contributed by atoms with Crippen LogP contribution in [0.2, 0.25) is 0 Å². The molecule has 0 bridgehead atoms. The van der Waals surface area contributed by atoms with Gasteiger partial charge in [0.25, 0.3) is 0 Å². The van der Waals surface area contributed by atoms with Gasteiger partial charge >= 0.3 is 0 Å². The van der Waals surface area contributed by atoms with E-state index in [9.17, 15) is 4.79 Å². The highest BCUT2D eigenvalue weighted by molar-refractivity contribution is 5.64. The third kappa shape index (κ3) is 1.58. The summed E-state index contributed by atoms with van der Waals surface area (Å²) in [6.07, 6.45) is 7.23. The highest BCUT2D eigenvalue weighted by Crippen LogP contribution is 2.49. The molecule has 0 aromatic heterocycles. The lowest BCUT2D eigenvalue weighted by Gasteiger charge is -2.41. The first kappa shape index (κ1) is 11.5. The molecule has 1 heterocycles. The van der Waals surface area contributed by atoms with Crippen LogP contribution in [0.3, 0.4) is 0 Å². The number of aliphatic imine (C=N–C) groups is 1. The minimum atomic E-state index is -0.279. The fourth-order valence-electron chi connectivity index (χ4n) is 3.28. The van der Waals surface area contributed by atoms with Crippen LogP contribution in [-0.4, -0.2) is 19.7 Å². The van der Waals surface area contributed by atoms with Gasteiger partial charge in [0.1, 0.15) is 5.54 Å². The molecular weight excluding hydrogens is 224 g/mol. The zero-order chi connectivity index (χ0) is 12.6. The minimum Gasteiger partial charge on any atom is -0.374 e. The first-order valence-corrected chi connectivity index (χ1v) is 6.69. The topological polar surface area (TPSA) is 32.7 Å². The maximum Gasteiger partial charge on any atom is 0.235 e. The molecule has 2 aliphatic rings. The quantitative estimate of drug-likeness (QED) is 0.590. The van der Waals surface area contributed by atoms with Gasteiger partial charge < -0.3 is 4.90 Å². The van der Waals surface area contributed by atoms with E-state index in [0.29, 0.717) is 0 Å². The number of carbonyl (C=O) groups excluding carboxylic acids is 1. The van der Waals surface area contributed by atoms with Crippen molar-refractivity contribution < 1.29 is 4.79 Å². The summed E-state index contributed by atoms with van der Waals surface area (Å²) in [6, 6.07) is 6.44. The van der Waals surface area contributed by atoms with E-state index in [1.807, 2.05) is 0 Å². The van der Waals surface area contributed by atoms with Gasteiger partial charge in [-0.05, 0) is 37.7 Å². The second kappa shape index (κ2) is 4.25. The largest absolute Gasteiger partial charge is 0.374 e.